The van der Waals surface area contributed by atoms with E-state index in [1.807, 2.05) is 25.1 Å². The Morgan fingerprint density at radius 3 is 2.43 bits per heavy atom. The van der Waals surface area contributed by atoms with Crippen molar-refractivity contribution in [2.75, 3.05) is 13.2 Å². The van der Waals surface area contributed by atoms with Gasteiger partial charge in [-0.05, 0) is 62.1 Å². The topological polar surface area (TPSA) is 35.2 Å². The molecule has 2 nitrogen and oxygen atoms in total. The average molecular weight is 304 g/mol. The molecular formula is C18H22ClNO. The standard InChI is InChI=1S/C18H22ClNO/c1-13-3-5-15(6-4-13)16(12-20)9-10-21-17-7-8-18(19)14(2)11-17/h3-8,11,16H,9-10,12,20H2,1-2H3. The fourth-order valence-corrected chi connectivity index (χ4v) is 2.40. The van der Waals surface area contributed by atoms with Crippen LogP contribution in [0, 0.1) is 13.8 Å². The highest BCUT2D eigenvalue weighted by Gasteiger charge is 2.10. The van der Waals surface area contributed by atoms with E-state index >= 15 is 0 Å². The van der Waals surface area contributed by atoms with E-state index in [2.05, 4.69) is 31.2 Å². The molecule has 0 fully saturated rings. The lowest BCUT2D eigenvalue weighted by atomic mass is 9.95. The molecule has 0 radical (unpaired) electrons. The lowest BCUT2D eigenvalue weighted by Gasteiger charge is -2.16. The molecule has 0 saturated heterocycles. The second-order valence-corrected chi connectivity index (χ2v) is 5.80. The molecule has 0 saturated carbocycles. The first-order valence-electron chi connectivity index (χ1n) is 7.25. The van der Waals surface area contributed by atoms with Gasteiger partial charge >= 0.3 is 0 Å². The summed E-state index contributed by atoms with van der Waals surface area (Å²) in [5.41, 5.74) is 9.47. The minimum Gasteiger partial charge on any atom is -0.494 e. The van der Waals surface area contributed by atoms with Crippen LogP contribution in [0.1, 0.15) is 29.0 Å². The van der Waals surface area contributed by atoms with Crippen LogP contribution in [0.5, 0.6) is 5.75 Å². The molecule has 0 bridgehead atoms. The van der Waals surface area contributed by atoms with Crippen LogP contribution in [0.15, 0.2) is 42.5 Å². The maximum atomic E-state index is 6.01. The molecular weight excluding hydrogens is 282 g/mol. The highest BCUT2D eigenvalue weighted by molar-refractivity contribution is 6.31. The zero-order chi connectivity index (χ0) is 15.2. The summed E-state index contributed by atoms with van der Waals surface area (Å²) in [6.07, 6.45) is 0.904. The number of benzene rings is 2. The van der Waals surface area contributed by atoms with Crippen molar-refractivity contribution in [3.63, 3.8) is 0 Å². The molecule has 2 aromatic rings. The second kappa shape index (κ2) is 7.48. The summed E-state index contributed by atoms with van der Waals surface area (Å²) in [6, 6.07) is 14.3. The Kier molecular flexibility index (Phi) is 5.66. The van der Waals surface area contributed by atoms with Gasteiger partial charge in [0, 0.05) is 5.02 Å². The molecule has 3 heteroatoms. The molecule has 2 aromatic carbocycles. The van der Waals surface area contributed by atoms with E-state index < -0.39 is 0 Å². The SMILES string of the molecule is Cc1ccc(C(CN)CCOc2ccc(Cl)c(C)c2)cc1. The van der Waals surface area contributed by atoms with E-state index in [0.29, 0.717) is 19.1 Å². The van der Waals surface area contributed by atoms with Gasteiger partial charge in [-0.2, -0.15) is 0 Å². The van der Waals surface area contributed by atoms with Crippen LogP contribution in [-0.2, 0) is 0 Å². The molecule has 0 aliphatic rings. The van der Waals surface area contributed by atoms with Gasteiger partial charge in [0.1, 0.15) is 5.75 Å². The first kappa shape index (κ1) is 15.9. The molecule has 1 atom stereocenters. The van der Waals surface area contributed by atoms with Crippen LogP contribution in [0.3, 0.4) is 0 Å². The molecule has 0 heterocycles. The van der Waals surface area contributed by atoms with Gasteiger partial charge in [0.15, 0.2) is 0 Å². The number of nitrogens with two attached hydrogens (primary N) is 1. The van der Waals surface area contributed by atoms with Gasteiger partial charge in [0.2, 0.25) is 0 Å². The molecule has 2 N–H and O–H groups in total. The summed E-state index contributed by atoms with van der Waals surface area (Å²) < 4.78 is 5.81. The molecule has 2 rings (SSSR count). The summed E-state index contributed by atoms with van der Waals surface area (Å²) in [5.74, 6) is 1.19. The Balaban J connectivity index is 1.91. The van der Waals surface area contributed by atoms with Gasteiger partial charge in [-0.25, -0.2) is 0 Å². The van der Waals surface area contributed by atoms with E-state index in [1.165, 1.54) is 11.1 Å². The Hall–Kier alpha value is -1.51. The molecule has 0 aromatic heterocycles. The predicted molar refractivity (Wildman–Crippen MR) is 89.3 cm³/mol. The van der Waals surface area contributed by atoms with Crippen LogP contribution >= 0.6 is 11.6 Å². The second-order valence-electron chi connectivity index (χ2n) is 5.39. The minimum absolute atomic E-state index is 0.332. The van der Waals surface area contributed by atoms with Crippen molar-refractivity contribution >= 4 is 11.6 Å². The third kappa shape index (κ3) is 4.48. The average Bonchev–Trinajstić information content (AvgIpc) is 2.48. The predicted octanol–water partition coefficient (Wildman–Crippen LogP) is 4.47. The zero-order valence-electron chi connectivity index (χ0n) is 12.6. The van der Waals surface area contributed by atoms with Gasteiger partial charge in [-0.15, -0.1) is 0 Å². The third-order valence-corrected chi connectivity index (χ3v) is 4.12. The first-order valence-corrected chi connectivity index (χ1v) is 7.63. The summed E-state index contributed by atoms with van der Waals surface area (Å²) >= 11 is 6.01. The normalized spacial score (nSPS) is 12.2. The largest absolute Gasteiger partial charge is 0.494 e. The van der Waals surface area contributed by atoms with Crippen molar-refractivity contribution in [3.8, 4) is 5.75 Å². The summed E-state index contributed by atoms with van der Waals surface area (Å²) in [7, 11) is 0. The third-order valence-electron chi connectivity index (χ3n) is 3.70. The van der Waals surface area contributed by atoms with E-state index in [0.717, 1.165) is 22.8 Å². The maximum Gasteiger partial charge on any atom is 0.119 e. The Labute approximate surface area is 131 Å². The molecule has 0 spiro atoms. The molecule has 21 heavy (non-hydrogen) atoms. The van der Waals surface area contributed by atoms with Crippen molar-refractivity contribution in [1.29, 1.82) is 0 Å². The fraction of sp³-hybridized carbons (Fsp3) is 0.333. The zero-order valence-corrected chi connectivity index (χ0v) is 13.4. The quantitative estimate of drug-likeness (QED) is 0.854. The number of halogens is 1. The lowest BCUT2D eigenvalue weighted by Crippen LogP contribution is -2.15. The van der Waals surface area contributed by atoms with Gasteiger partial charge in [0.25, 0.3) is 0 Å². The van der Waals surface area contributed by atoms with Crippen molar-refractivity contribution in [2.24, 2.45) is 5.73 Å². The lowest BCUT2D eigenvalue weighted by molar-refractivity contribution is 0.298. The minimum atomic E-state index is 0.332. The number of ether oxygens (including phenoxy) is 1. The van der Waals surface area contributed by atoms with Crippen LogP contribution < -0.4 is 10.5 Å². The Morgan fingerprint density at radius 1 is 1.10 bits per heavy atom. The highest BCUT2D eigenvalue weighted by atomic mass is 35.5. The fourth-order valence-electron chi connectivity index (χ4n) is 2.29. The van der Waals surface area contributed by atoms with E-state index in [9.17, 15) is 0 Å². The number of rotatable bonds is 6. The molecule has 0 aliphatic heterocycles. The van der Waals surface area contributed by atoms with Gasteiger partial charge in [-0.1, -0.05) is 41.4 Å². The number of aryl methyl sites for hydroxylation is 2. The van der Waals surface area contributed by atoms with E-state index in [4.69, 9.17) is 22.1 Å². The van der Waals surface area contributed by atoms with Crippen LogP contribution in [0.2, 0.25) is 5.02 Å². The summed E-state index contributed by atoms with van der Waals surface area (Å²) in [4.78, 5) is 0. The van der Waals surface area contributed by atoms with Crippen molar-refractivity contribution < 1.29 is 4.74 Å². The molecule has 1 unspecified atom stereocenters. The Bertz CT molecular complexity index is 580. The Morgan fingerprint density at radius 2 is 1.81 bits per heavy atom. The molecule has 112 valence electrons. The summed E-state index contributed by atoms with van der Waals surface area (Å²) in [5, 5.41) is 0.766. The monoisotopic (exact) mass is 303 g/mol. The van der Waals surface area contributed by atoms with Crippen LogP contribution in [0.25, 0.3) is 0 Å². The van der Waals surface area contributed by atoms with Crippen LogP contribution in [-0.4, -0.2) is 13.2 Å². The number of hydrogen-bond donors (Lipinski definition) is 1. The highest BCUT2D eigenvalue weighted by Crippen LogP contribution is 2.23. The first-order chi connectivity index (χ1) is 10.1. The van der Waals surface area contributed by atoms with Crippen molar-refractivity contribution in [1.82, 2.24) is 0 Å². The smallest absolute Gasteiger partial charge is 0.119 e. The molecule has 0 amide bonds. The number of hydrogen-bond acceptors (Lipinski definition) is 2. The van der Waals surface area contributed by atoms with Gasteiger partial charge in [0.05, 0.1) is 6.61 Å². The molecule has 0 aliphatic carbocycles. The van der Waals surface area contributed by atoms with Gasteiger partial charge < -0.3 is 10.5 Å². The summed E-state index contributed by atoms with van der Waals surface area (Å²) in [6.45, 7) is 5.35. The van der Waals surface area contributed by atoms with Crippen LogP contribution in [0.4, 0.5) is 0 Å². The van der Waals surface area contributed by atoms with Crippen molar-refractivity contribution in [3.05, 3.63) is 64.2 Å². The van der Waals surface area contributed by atoms with E-state index in [1.54, 1.807) is 0 Å². The van der Waals surface area contributed by atoms with Gasteiger partial charge in [-0.3, -0.25) is 0 Å². The maximum absolute atomic E-state index is 6.01. The van der Waals surface area contributed by atoms with E-state index in [-0.39, 0.29) is 0 Å². The van der Waals surface area contributed by atoms with Crippen molar-refractivity contribution in [2.45, 2.75) is 26.2 Å².